The highest BCUT2D eigenvalue weighted by molar-refractivity contribution is 5.65. The van der Waals surface area contributed by atoms with Crippen LogP contribution in [0.4, 0.5) is 4.79 Å². The zero-order valence-corrected chi connectivity index (χ0v) is 14.6. The topological polar surface area (TPSA) is 75.8 Å². The largest absolute Gasteiger partial charge is 0.471 e. The molecule has 0 spiro atoms. The Morgan fingerprint density at radius 3 is 2.46 bits per heavy atom. The third-order valence-electron chi connectivity index (χ3n) is 3.96. The molecule has 0 fully saturated rings. The van der Waals surface area contributed by atoms with Gasteiger partial charge in [-0.05, 0) is 36.8 Å². The number of hydrogen-bond donors (Lipinski definition) is 1. The Balaban J connectivity index is 1.69. The van der Waals surface area contributed by atoms with Crippen LogP contribution in [0.5, 0.6) is 5.75 Å². The summed E-state index contributed by atoms with van der Waals surface area (Å²) in [6.07, 6.45) is -0.0660. The monoisotopic (exact) mass is 352 g/mol. The van der Waals surface area contributed by atoms with Gasteiger partial charge in [-0.1, -0.05) is 30.3 Å². The van der Waals surface area contributed by atoms with Gasteiger partial charge in [0.1, 0.15) is 17.7 Å². The third kappa shape index (κ3) is 4.22. The second kappa shape index (κ2) is 7.74. The molecule has 0 saturated carbocycles. The summed E-state index contributed by atoms with van der Waals surface area (Å²) in [7, 11) is 0. The number of carboxylic acid groups (broad SMARTS) is 1. The van der Waals surface area contributed by atoms with E-state index in [0.717, 1.165) is 16.8 Å². The van der Waals surface area contributed by atoms with E-state index in [4.69, 9.17) is 9.15 Å². The normalized spacial score (nSPS) is 11.8. The van der Waals surface area contributed by atoms with Crippen LogP contribution in [-0.2, 0) is 6.54 Å². The zero-order chi connectivity index (χ0) is 18.5. The van der Waals surface area contributed by atoms with E-state index in [0.29, 0.717) is 11.6 Å². The molecule has 1 unspecified atom stereocenters. The Bertz CT molecular complexity index is 859. The molecule has 6 nitrogen and oxygen atoms in total. The molecule has 0 bridgehead atoms. The van der Waals surface area contributed by atoms with Crippen molar-refractivity contribution >= 4 is 6.09 Å². The Hall–Kier alpha value is -3.28. The molecule has 1 heterocycles. The van der Waals surface area contributed by atoms with E-state index >= 15 is 0 Å². The van der Waals surface area contributed by atoms with Crippen molar-refractivity contribution in [2.24, 2.45) is 0 Å². The van der Waals surface area contributed by atoms with Gasteiger partial charge in [-0.25, -0.2) is 9.78 Å². The van der Waals surface area contributed by atoms with E-state index < -0.39 is 12.3 Å². The lowest BCUT2D eigenvalue weighted by molar-refractivity contribution is 0.0369. The minimum Gasteiger partial charge on any atom is -0.471 e. The van der Waals surface area contributed by atoms with E-state index in [1.54, 1.807) is 32.2 Å². The first-order chi connectivity index (χ1) is 12.5. The molecule has 0 radical (unpaired) electrons. The fourth-order valence-corrected chi connectivity index (χ4v) is 2.59. The summed E-state index contributed by atoms with van der Waals surface area (Å²) >= 11 is 0. The maximum absolute atomic E-state index is 11.6. The minimum atomic E-state index is -1.03. The van der Waals surface area contributed by atoms with Crippen molar-refractivity contribution in [2.45, 2.75) is 26.6 Å². The predicted molar refractivity (Wildman–Crippen MR) is 96.8 cm³/mol. The molecule has 0 aliphatic heterocycles. The van der Waals surface area contributed by atoms with E-state index in [9.17, 15) is 9.90 Å². The first-order valence-corrected chi connectivity index (χ1v) is 8.25. The van der Waals surface area contributed by atoms with Crippen LogP contribution in [0.15, 0.2) is 65.3 Å². The van der Waals surface area contributed by atoms with E-state index in [2.05, 4.69) is 4.98 Å². The smallest absolute Gasteiger partial charge is 0.410 e. The van der Waals surface area contributed by atoms with Crippen molar-refractivity contribution in [3.05, 3.63) is 72.3 Å². The standard InChI is InChI=1S/C20H20N2O4/c1-14-21-19(13-25-14)17-8-10-18(11-9-17)26-15(2)22(20(23)24)12-16-6-4-3-5-7-16/h3-11,13,15H,12H2,1-2H3,(H,23,24). The number of aromatic nitrogens is 1. The first-order valence-electron chi connectivity index (χ1n) is 8.25. The van der Waals surface area contributed by atoms with Crippen LogP contribution in [0.2, 0.25) is 0 Å². The Kier molecular flexibility index (Phi) is 5.22. The van der Waals surface area contributed by atoms with Gasteiger partial charge in [0.05, 0.1) is 6.54 Å². The van der Waals surface area contributed by atoms with E-state index in [1.807, 2.05) is 42.5 Å². The molecule has 134 valence electrons. The highest BCUT2D eigenvalue weighted by Crippen LogP contribution is 2.23. The van der Waals surface area contributed by atoms with Crippen LogP contribution in [-0.4, -0.2) is 27.3 Å². The summed E-state index contributed by atoms with van der Waals surface area (Å²) in [6, 6.07) is 16.7. The molecule has 6 heteroatoms. The molecule has 26 heavy (non-hydrogen) atoms. The molecule has 0 aliphatic carbocycles. The number of amides is 1. The van der Waals surface area contributed by atoms with Crippen LogP contribution in [0.25, 0.3) is 11.3 Å². The number of carbonyl (C=O) groups is 1. The van der Waals surface area contributed by atoms with Crippen molar-refractivity contribution in [1.82, 2.24) is 9.88 Å². The summed E-state index contributed by atoms with van der Waals surface area (Å²) in [5.74, 6) is 1.19. The lowest BCUT2D eigenvalue weighted by atomic mass is 10.2. The molecule has 1 aromatic heterocycles. The van der Waals surface area contributed by atoms with Gasteiger partial charge in [0.15, 0.2) is 12.1 Å². The lowest BCUT2D eigenvalue weighted by Gasteiger charge is -2.27. The number of ether oxygens (including phenoxy) is 1. The van der Waals surface area contributed by atoms with Crippen LogP contribution in [0.1, 0.15) is 18.4 Å². The van der Waals surface area contributed by atoms with Crippen molar-refractivity contribution < 1.29 is 19.1 Å². The van der Waals surface area contributed by atoms with Gasteiger partial charge in [0, 0.05) is 12.5 Å². The van der Waals surface area contributed by atoms with Gasteiger partial charge in [-0.2, -0.15) is 0 Å². The summed E-state index contributed by atoms with van der Waals surface area (Å²) in [6.45, 7) is 3.76. The number of oxazole rings is 1. The molecule has 3 aromatic rings. The lowest BCUT2D eigenvalue weighted by Crippen LogP contribution is -2.40. The Labute approximate surface area is 151 Å². The molecule has 1 amide bonds. The quantitative estimate of drug-likeness (QED) is 0.658. The molecular formula is C20H20N2O4. The molecule has 0 saturated heterocycles. The predicted octanol–water partition coefficient (Wildman–Crippen LogP) is 4.56. The SMILES string of the molecule is Cc1nc(-c2ccc(OC(C)N(Cc3ccccc3)C(=O)O)cc2)co1. The van der Waals surface area contributed by atoms with Gasteiger partial charge >= 0.3 is 6.09 Å². The van der Waals surface area contributed by atoms with Crippen LogP contribution < -0.4 is 4.74 Å². The Morgan fingerprint density at radius 2 is 1.88 bits per heavy atom. The average Bonchev–Trinajstić information content (AvgIpc) is 3.07. The first kappa shape index (κ1) is 17.5. The minimum absolute atomic E-state index is 0.258. The fourth-order valence-electron chi connectivity index (χ4n) is 2.59. The molecule has 1 atom stereocenters. The maximum atomic E-state index is 11.6. The summed E-state index contributed by atoms with van der Waals surface area (Å²) < 4.78 is 11.0. The van der Waals surface area contributed by atoms with Crippen molar-refractivity contribution in [1.29, 1.82) is 0 Å². The number of benzene rings is 2. The number of rotatable bonds is 6. The molecule has 1 N–H and O–H groups in total. The van der Waals surface area contributed by atoms with Gasteiger partial charge < -0.3 is 14.3 Å². The van der Waals surface area contributed by atoms with Crippen LogP contribution in [0.3, 0.4) is 0 Å². The summed E-state index contributed by atoms with van der Waals surface area (Å²) in [5.41, 5.74) is 2.56. The fraction of sp³-hybridized carbons (Fsp3) is 0.200. The maximum Gasteiger partial charge on any atom is 0.410 e. The van der Waals surface area contributed by atoms with Gasteiger partial charge in [0.25, 0.3) is 0 Å². The molecule has 3 rings (SSSR count). The van der Waals surface area contributed by atoms with Gasteiger partial charge in [0.2, 0.25) is 0 Å². The van der Waals surface area contributed by atoms with E-state index in [1.165, 1.54) is 4.90 Å². The third-order valence-corrected chi connectivity index (χ3v) is 3.96. The van der Waals surface area contributed by atoms with E-state index in [-0.39, 0.29) is 6.54 Å². The molecular weight excluding hydrogens is 332 g/mol. The summed E-state index contributed by atoms with van der Waals surface area (Å²) in [4.78, 5) is 17.1. The molecule has 2 aromatic carbocycles. The van der Waals surface area contributed by atoms with Crippen molar-refractivity contribution in [2.75, 3.05) is 0 Å². The number of nitrogens with zero attached hydrogens (tertiary/aromatic N) is 2. The summed E-state index contributed by atoms with van der Waals surface area (Å²) in [5, 5.41) is 9.51. The second-order valence-corrected chi connectivity index (χ2v) is 5.89. The molecule has 0 aliphatic rings. The van der Waals surface area contributed by atoms with Crippen molar-refractivity contribution in [3.63, 3.8) is 0 Å². The van der Waals surface area contributed by atoms with Crippen molar-refractivity contribution in [3.8, 4) is 17.0 Å². The average molecular weight is 352 g/mol. The Morgan fingerprint density at radius 1 is 1.19 bits per heavy atom. The zero-order valence-electron chi connectivity index (χ0n) is 14.6. The number of aryl methyl sites for hydroxylation is 1. The highest BCUT2D eigenvalue weighted by atomic mass is 16.5. The van der Waals surface area contributed by atoms with Gasteiger partial charge in [-0.15, -0.1) is 0 Å². The second-order valence-electron chi connectivity index (χ2n) is 5.89. The van der Waals surface area contributed by atoms with Crippen LogP contribution in [0, 0.1) is 6.92 Å². The van der Waals surface area contributed by atoms with Gasteiger partial charge in [-0.3, -0.25) is 4.90 Å². The highest BCUT2D eigenvalue weighted by Gasteiger charge is 2.21. The number of hydrogen-bond acceptors (Lipinski definition) is 4. The van der Waals surface area contributed by atoms with Crippen LogP contribution >= 0.6 is 0 Å².